The van der Waals surface area contributed by atoms with Crippen LogP contribution in [0.3, 0.4) is 0 Å². The number of hydrogen-bond donors (Lipinski definition) is 1. The molecule has 18 heavy (non-hydrogen) atoms. The Kier molecular flexibility index (Phi) is 5.44. The van der Waals surface area contributed by atoms with Crippen molar-refractivity contribution in [3.63, 3.8) is 0 Å². The Morgan fingerprint density at radius 2 is 2.00 bits per heavy atom. The van der Waals surface area contributed by atoms with Crippen LogP contribution in [0.25, 0.3) is 0 Å². The fourth-order valence-corrected chi connectivity index (χ4v) is 2.42. The van der Waals surface area contributed by atoms with Gasteiger partial charge in [-0.3, -0.25) is 4.79 Å². The minimum absolute atomic E-state index is 0.00519. The number of nitrogens with one attached hydrogen (secondary N) is 1. The third-order valence-corrected chi connectivity index (χ3v) is 3.70. The molecule has 0 atom stereocenters. The molecule has 0 saturated carbocycles. The van der Waals surface area contributed by atoms with E-state index in [1.807, 2.05) is 0 Å². The Balaban J connectivity index is 2.50. The van der Waals surface area contributed by atoms with Gasteiger partial charge in [-0.1, -0.05) is 23.2 Å². The largest absolute Gasteiger partial charge is 0.325 e. The topological polar surface area (TPSA) is 63.2 Å². The number of carbonyl (C=O) groups excluding carboxylic acids is 1. The number of sulfone groups is 1. The first-order valence-electron chi connectivity index (χ1n) is 5.20. The molecule has 4 nitrogen and oxygen atoms in total. The van der Waals surface area contributed by atoms with Crippen LogP contribution in [0, 0.1) is 0 Å². The van der Waals surface area contributed by atoms with Crippen molar-refractivity contribution in [1.29, 1.82) is 0 Å². The number of halogens is 2. The summed E-state index contributed by atoms with van der Waals surface area (Å²) >= 11 is 11.6. The van der Waals surface area contributed by atoms with Crippen LogP contribution in [0.4, 0.5) is 5.69 Å². The first-order chi connectivity index (χ1) is 8.28. The highest BCUT2D eigenvalue weighted by molar-refractivity contribution is 7.90. The molecule has 0 heterocycles. The van der Waals surface area contributed by atoms with Crippen molar-refractivity contribution >= 4 is 44.6 Å². The van der Waals surface area contributed by atoms with Gasteiger partial charge in [0.15, 0.2) is 0 Å². The Morgan fingerprint density at radius 1 is 1.33 bits per heavy atom. The molecule has 0 bridgehead atoms. The van der Waals surface area contributed by atoms with E-state index in [0.717, 1.165) is 6.26 Å². The fraction of sp³-hybridized carbons (Fsp3) is 0.364. The van der Waals surface area contributed by atoms with Crippen LogP contribution < -0.4 is 5.32 Å². The lowest BCUT2D eigenvalue weighted by molar-refractivity contribution is -0.116. The van der Waals surface area contributed by atoms with E-state index in [1.165, 1.54) is 6.07 Å². The van der Waals surface area contributed by atoms with Crippen LogP contribution in [0.1, 0.15) is 12.8 Å². The first-order valence-corrected chi connectivity index (χ1v) is 8.02. The number of amides is 1. The van der Waals surface area contributed by atoms with E-state index in [0.29, 0.717) is 15.7 Å². The molecule has 0 saturated heterocycles. The second-order valence-electron chi connectivity index (χ2n) is 3.91. The van der Waals surface area contributed by atoms with Crippen LogP contribution in [-0.2, 0) is 14.6 Å². The van der Waals surface area contributed by atoms with Gasteiger partial charge in [0.2, 0.25) is 5.91 Å². The van der Waals surface area contributed by atoms with E-state index < -0.39 is 9.84 Å². The van der Waals surface area contributed by atoms with Gasteiger partial charge >= 0.3 is 0 Å². The van der Waals surface area contributed by atoms with E-state index in [4.69, 9.17) is 23.2 Å². The highest BCUT2D eigenvalue weighted by Gasteiger charge is 2.08. The smallest absolute Gasteiger partial charge is 0.224 e. The summed E-state index contributed by atoms with van der Waals surface area (Å²) in [6.07, 6.45) is 1.56. The molecule has 0 fully saturated rings. The predicted molar refractivity (Wildman–Crippen MR) is 74.0 cm³/mol. The Bertz CT molecular complexity index is 543. The minimum atomic E-state index is -3.03. The van der Waals surface area contributed by atoms with Crippen LogP contribution in [-0.4, -0.2) is 26.3 Å². The second-order valence-corrected chi connectivity index (χ2v) is 7.01. The van der Waals surface area contributed by atoms with Crippen molar-refractivity contribution in [2.45, 2.75) is 12.8 Å². The first kappa shape index (κ1) is 15.3. The summed E-state index contributed by atoms with van der Waals surface area (Å²) in [5.74, 6) is -0.280. The second kappa shape index (κ2) is 6.41. The molecule has 1 aromatic carbocycles. The molecule has 1 amide bonds. The zero-order valence-corrected chi connectivity index (χ0v) is 12.1. The molecule has 0 aliphatic heterocycles. The molecule has 0 aliphatic carbocycles. The zero-order chi connectivity index (χ0) is 13.8. The summed E-state index contributed by atoms with van der Waals surface area (Å²) < 4.78 is 21.8. The van der Waals surface area contributed by atoms with Gasteiger partial charge in [-0.15, -0.1) is 0 Å². The average Bonchev–Trinajstić information content (AvgIpc) is 2.20. The molecule has 0 spiro atoms. The lowest BCUT2D eigenvalue weighted by Gasteiger charge is -2.07. The van der Waals surface area contributed by atoms with E-state index >= 15 is 0 Å². The van der Waals surface area contributed by atoms with Crippen molar-refractivity contribution in [2.24, 2.45) is 0 Å². The molecule has 0 radical (unpaired) electrons. The van der Waals surface area contributed by atoms with Crippen LogP contribution in [0.2, 0.25) is 10.0 Å². The van der Waals surface area contributed by atoms with Crippen LogP contribution in [0.5, 0.6) is 0 Å². The third-order valence-electron chi connectivity index (χ3n) is 2.12. The molecule has 7 heteroatoms. The number of hydrogen-bond acceptors (Lipinski definition) is 3. The maximum atomic E-state index is 11.5. The summed E-state index contributed by atoms with van der Waals surface area (Å²) in [5, 5.41) is 3.43. The minimum Gasteiger partial charge on any atom is -0.325 e. The molecule has 0 aliphatic rings. The maximum absolute atomic E-state index is 11.5. The summed E-state index contributed by atoms with van der Waals surface area (Å²) in [6.45, 7) is 0. The summed E-state index contributed by atoms with van der Waals surface area (Å²) in [5.41, 5.74) is 0.463. The number of benzene rings is 1. The Hall–Kier alpha value is -0.780. The van der Waals surface area contributed by atoms with E-state index in [1.54, 1.807) is 12.1 Å². The zero-order valence-electron chi connectivity index (χ0n) is 9.74. The van der Waals surface area contributed by atoms with Gasteiger partial charge < -0.3 is 5.32 Å². The van der Waals surface area contributed by atoms with Gasteiger partial charge in [0, 0.05) is 17.7 Å². The van der Waals surface area contributed by atoms with Crippen LogP contribution >= 0.6 is 23.2 Å². The number of anilines is 1. The monoisotopic (exact) mass is 309 g/mol. The van der Waals surface area contributed by atoms with Crippen molar-refractivity contribution in [3.8, 4) is 0 Å². The van der Waals surface area contributed by atoms with Crippen molar-refractivity contribution in [1.82, 2.24) is 0 Å². The van der Waals surface area contributed by atoms with E-state index in [2.05, 4.69) is 5.32 Å². The van der Waals surface area contributed by atoms with Crippen molar-refractivity contribution in [3.05, 3.63) is 28.2 Å². The number of carbonyl (C=O) groups is 1. The molecular formula is C11H13Cl2NO3S. The maximum Gasteiger partial charge on any atom is 0.224 e. The van der Waals surface area contributed by atoms with Crippen LogP contribution in [0.15, 0.2) is 18.2 Å². The average molecular weight is 310 g/mol. The summed E-state index contributed by atoms with van der Waals surface area (Å²) in [4.78, 5) is 11.5. The highest BCUT2D eigenvalue weighted by Crippen LogP contribution is 2.25. The molecule has 1 N–H and O–H groups in total. The fourth-order valence-electron chi connectivity index (χ4n) is 1.30. The predicted octanol–water partition coefficient (Wildman–Crippen LogP) is 2.76. The van der Waals surface area contributed by atoms with E-state index in [-0.39, 0.29) is 24.5 Å². The van der Waals surface area contributed by atoms with Gasteiger partial charge in [-0.2, -0.15) is 0 Å². The van der Waals surface area contributed by atoms with Gasteiger partial charge in [0.25, 0.3) is 0 Å². The summed E-state index contributed by atoms with van der Waals surface area (Å²) in [7, 11) is -3.03. The Morgan fingerprint density at radius 3 is 2.56 bits per heavy atom. The third kappa shape index (κ3) is 5.71. The molecule has 0 aromatic heterocycles. The number of rotatable bonds is 5. The highest BCUT2D eigenvalue weighted by atomic mass is 35.5. The van der Waals surface area contributed by atoms with Crippen molar-refractivity contribution in [2.75, 3.05) is 17.3 Å². The van der Waals surface area contributed by atoms with Gasteiger partial charge in [0.1, 0.15) is 9.84 Å². The molecule has 0 unspecified atom stereocenters. The van der Waals surface area contributed by atoms with Crippen molar-refractivity contribution < 1.29 is 13.2 Å². The quantitative estimate of drug-likeness (QED) is 0.909. The SMILES string of the molecule is CS(=O)(=O)CCCC(=O)Nc1ccc(Cl)cc1Cl. The Labute approximate surface area is 116 Å². The lowest BCUT2D eigenvalue weighted by Crippen LogP contribution is -2.13. The molecule has 1 aromatic rings. The van der Waals surface area contributed by atoms with Gasteiger partial charge in [-0.25, -0.2) is 8.42 Å². The van der Waals surface area contributed by atoms with E-state index in [9.17, 15) is 13.2 Å². The molecule has 100 valence electrons. The van der Waals surface area contributed by atoms with Gasteiger partial charge in [-0.05, 0) is 24.6 Å². The molecular weight excluding hydrogens is 297 g/mol. The molecule has 1 rings (SSSR count). The standard InChI is InChI=1S/C11H13Cl2NO3S/c1-18(16,17)6-2-3-11(15)14-10-5-4-8(12)7-9(10)13/h4-5,7H,2-3,6H2,1H3,(H,14,15). The summed E-state index contributed by atoms with van der Waals surface area (Å²) in [6, 6.07) is 4.73. The van der Waals surface area contributed by atoms with Gasteiger partial charge in [0.05, 0.1) is 16.5 Å². The lowest BCUT2D eigenvalue weighted by atomic mass is 10.3. The normalized spacial score (nSPS) is 11.3.